The van der Waals surface area contributed by atoms with Crippen LogP contribution in [0, 0.1) is 0 Å². The molecular weight excluding hydrogens is 289 g/mol. The molecule has 2 N–H and O–H groups in total. The van der Waals surface area contributed by atoms with Crippen LogP contribution in [-0.2, 0) is 4.74 Å². The van der Waals surface area contributed by atoms with Crippen molar-refractivity contribution in [2.75, 3.05) is 25.2 Å². The van der Waals surface area contributed by atoms with Crippen molar-refractivity contribution in [3.8, 4) is 0 Å². The van der Waals surface area contributed by atoms with Gasteiger partial charge in [0, 0.05) is 5.69 Å². The van der Waals surface area contributed by atoms with Gasteiger partial charge in [-0.3, -0.25) is 9.80 Å². The predicted molar refractivity (Wildman–Crippen MR) is 77.0 cm³/mol. The van der Waals surface area contributed by atoms with Crippen LogP contribution in [0.2, 0.25) is 0 Å². The number of carbonyl (C=O) groups is 1. The van der Waals surface area contributed by atoms with Gasteiger partial charge in [0.2, 0.25) is 0 Å². The van der Waals surface area contributed by atoms with Crippen LogP contribution in [0.5, 0.6) is 0 Å². The summed E-state index contributed by atoms with van der Waals surface area (Å²) in [6.45, 7) is 6.04. The van der Waals surface area contributed by atoms with E-state index in [1.807, 2.05) is 35.3 Å². The number of rotatable bonds is 3. The Balaban J connectivity index is 0.000000399. The van der Waals surface area contributed by atoms with Crippen LogP contribution >= 0.6 is 23.2 Å². The van der Waals surface area contributed by atoms with Gasteiger partial charge in [0.15, 0.2) is 0 Å². The first kappa shape index (κ1) is 15.8. The van der Waals surface area contributed by atoms with E-state index in [1.165, 1.54) is 0 Å². The van der Waals surface area contributed by atoms with Gasteiger partial charge in [0.25, 0.3) is 0 Å². The number of nitrogens with one attached hydrogen (secondary N) is 2. The Morgan fingerprint density at radius 3 is 2.53 bits per heavy atom. The highest BCUT2D eigenvalue weighted by Gasteiger charge is 2.10. The van der Waals surface area contributed by atoms with Crippen molar-refractivity contribution < 1.29 is 9.53 Å². The predicted octanol–water partition coefficient (Wildman–Crippen LogP) is 2.95. The minimum absolute atomic E-state index is 0.537. The second-order valence-corrected chi connectivity index (χ2v) is 4.41. The largest absolute Gasteiger partial charge is 0.363 e. The van der Waals surface area contributed by atoms with E-state index in [-0.39, 0.29) is 0 Å². The average Bonchev–Trinajstić information content (AvgIpc) is 2.40. The molecular formula is C12H15Cl2N3O2. The zero-order chi connectivity index (χ0) is 14.1. The van der Waals surface area contributed by atoms with Gasteiger partial charge in [-0.15, -0.1) is 0 Å². The van der Waals surface area contributed by atoms with Crippen molar-refractivity contribution in [1.29, 1.82) is 0 Å². The van der Waals surface area contributed by atoms with Gasteiger partial charge in [-0.05, 0) is 35.3 Å². The third kappa shape index (κ3) is 7.03. The van der Waals surface area contributed by atoms with Crippen LogP contribution in [0.1, 0.15) is 0 Å². The molecule has 7 heteroatoms. The van der Waals surface area contributed by atoms with Gasteiger partial charge in [-0.1, -0.05) is 24.8 Å². The van der Waals surface area contributed by atoms with Crippen LogP contribution in [0.25, 0.3) is 0 Å². The average molecular weight is 304 g/mol. The smallest absolute Gasteiger partial charge is 0.313 e. The van der Waals surface area contributed by atoms with E-state index < -0.39 is 4.70 Å². The van der Waals surface area contributed by atoms with Crippen molar-refractivity contribution in [1.82, 2.24) is 10.4 Å². The zero-order valence-corrected chi connectivity index (χ0v) is 11.7. The lowest BCUT2D eigenvalue weighted by Gasteiger charge is -2.31. The fraction of sp³-hybridized carbons (Fsp3) is 0.250. The van der Waals surface area contributed by atoms with Crippen LogP contribution in [-0.4, -0.2) is 29.6 Å². The molecule has 1 aromatic carbocycles. The summed E-state index contributed by atoms with van der Waals surface area (Å²) in [4.78, 5) is 8.98. The number of ether oxygens (including phenoxy) is 1. The minimum Gasteiger partial charge on any atom is -0.363 e. The molecule has 0 bridgehead atoms. The van der Waals surface area contributed by atoms with Crippen LogP contribution in [0.4, 0.5) is 10.5 Å². The van der Waals surface area contributed by atoms with E-state index >= 15 is 0 Å². The molecule has 0 unspecified atom stereocenters. The van der Waals surface area contributed by atoms with Crippen molar-refractivity contribution in [2.45, 2.75) is 0 Å². The Bertz CT molecular complexity index is 405. The molecule has 1 fully saturated rings. The zero-order valence-electron chi connectivity index (χ0n) is 10.2. The summed E-state index contributed by atoms with van der Waals surface area (Å²) < 4.78 is 4.29. The Labute approximate surface area is 122 Å². The van der Waals surface area contributed by atoms with E-state index in [1.54, 1.807) is 0 Å². The molecule has 1 aliphatic heterocycles. The van der Waals surface area contributed by atoms with Crippen LogP contribution in [0.3, 0.4) is 0 Å². The summed E-state index contributed by atoms with van der Waals surface area (Å²) in [5.41, 5.74) is 4.13. The second kappa shape index (κ2) is 8.77. The number of nitrogens with zero attached hydrogens (tertiary/aromatic N) is 1. The van der Waals surface area contributed by atoms with E-state index in [2.05, 4.69) is 40.5 Å². The molecule has 0 spiro atoms. The van der Waals surface area contributed by atoms with E-state index in [4.69, 9.17) is 9.53 Å². The quantitative estimate of drug-likeness (QED) is 0.841. The third-order valence-corrected chi connectivity index (χ3v) is 2.20. The fourth-order valence-corrected chi connectivity index (χ4v) is 1.42. The number of hydrazine groups is 1. The summed E-state index contributed by atoms with van der Waals surface area (Å²) in [6, 6.07) is 9.98. The molecule has 2 rings (SSSR count). The summed E-state index contributed by atoms with van der Waals surface area (Å²) in [5.74, 6) is 0.837. The number of para-hydroxylation sites is 1. The van der Waals surface area contributed by atoms with Gasteiger partial charge >= 0.3 is 4.70 Å². The maximum absolute atomic E-state index is 8.98. The summed E-state index contributed by atoms with van der Waals surface area (Å²) >= 11 is 8.80. The topological polar surface area (TPSA) is 53.6 Å². The van der Waals surface area contributed by atoms with Crippen molar-refractivity contribution >= 4 is 33.6 Å². The minimum atomic E-state index is -0.889. The van der Waals surface area contributed by atoms with Crippen LogP contribution < -0.4 is 10.7 Å². The maximum Gasteiger partial charge on any atom is 0.313 e. The molecule has 19 heavy (non-hydrogen) atoms. The number of benzene rings is 1. The molecule has 104 valence electrons. The molecule has 0 atom stereocenters. The number of hydrogen-bond donors (Lipinski definition) is 2. The molecule has 0 aromatic heterocycles. The molecule has 0 saturated carbocycles. The molecule has 1 saturated heterocycles. The standard InChI is InChI=1S/C11H15N3O.CCl2O/c1-10(14-7-8-15-9-12-14)13-11-5-3-2-4-6-11;2-1(3)4/h2-6,12-13H,1,7-9H2;. The number of hydrogen-bond acceptors (Lipinski definition) is 5. The first-order chi connectivity index (χ1) is 9.09. The molecule has 1 heterocycles. The molecule has 0 radical (unpaired) electrons. The van der Waals surface area contributed by atoms with Crippen molar-refractivity contribution in [3.05, 3.63) is 42.7 Å². The summed E-state index contributed by atoms with van der Waals surface area (Å²) in [5, 5.41) is 5.18. The molecule has 0 aliphatic carbocycles. The monoisotopic (exact) mass is 303 g/mol. The fourth-order valence-electron chi connectivity index (χ4n) is 1.42. The summed E-state index contributed by atoms with van der Waals surface area (Å²) in [7, 11) is 0. The molecule has 1 aromatic rings. The lowest BCUT2D eigenvalue weighted by molar-refractivity contribution is 0.000135. The van der Waals surface area contributed by atoms with E-state index in [0.717, 1.165) is 24.7 Å². The first-order valence-electron chi connectivity index (χ1n) is 5.54. The molecule has 5 nitrogen and oxygen atoms in total. The first-order valence-corrected chi connectivity index (χ1v) is 6.30. The Hall–Kier alpha value is -1.27. The van der Waals surface area contributed by atoms with Gasteiger partial charge < -0.3 is 10.1 Å². The maximum atomic E-state index is 8.98. The number of carbonyl (C=O) groups excluding carboxylic acids is 1. The Kier molecular flexibility index (Phi) is 7.28. The highest BCUT2D eigenvalue weighted by molar-refractivity contribution is 6.93. The molecule has 1 aliphatic rings. The lowest BCUT2D eigenvalue weighted by atomic mass is 10.3. The summed E-state index contributed by atoms with van der Waals surface area (Å²) in [6.07, 6.45) is 0. The highest BCUT2D eigenvalue weighted by atomic mass is 35.5. The van der Waals surface area contributed by atoms with Gasteiger partial charge in [-0.25, -0.2) is 5.43 Å². The van der Waals surface area contributed by atoms with Gasteiger partial charge in [-0.2, -0.15) is 0 Å². The van der Waals surface area contributed by atoms with Gasteiger partial charge in [0.05, 0.1) is 13.2 Å². The number of anilines is 1. The molecule has 0 amide bonds. The Morgan fingerprint density at radius 1 is 1.37 bits per heavy atom. The highest BCUT2D eigenvalue weighted by Crippen LogP contribution is 2.10. The number of halogens is 2. The van der Waals surface area contributed by atoms with Crippen LogP contribution in [0.15, 0.2) is 42.7 Å². The van der Waals surface area contributed by atoms with E-state index in [0.29, 0.717) is 6.73 Å². The van der Waals surface area contributed by atoms with Crippen molar-refractivity contribution in [3.63, 3.8) is 0 Å². The van der Waals surface area contributed by atoms with Crippen molar-refractivity contribution in [2.24, 2.45) is 0 Å². The van der Waals surface area contributed by atoms with E-state index in [9.17, 15) is 0 Å². The third-order valence-electron chi connectivity index (χ3n) is 2.20. The Morgan fingerprint density at radius 2 is 2.00 bits per heavy atom. The second-order valence-electron chi connectivity index (χ2n) is 3.53. The lowest BCUT2D eigenvalue weighted by Crippen LogP contribution is -2.46. The normalized spacial score (nSPS) is 14.1. The SMILES string of the molecule is C=C(Nc1ccccc1)N1CCOCN1.O=C(Cl)Cl. The van der Waals surface area contributed by atoms with Gasteiger partial charge in [0.1, 0.15) is 12.6 Å².